The second kappa shape index (κ2) is 9.06. The van der Waals surface area contributed by atoms with E-state index in [9.17, 15) is 9.18 Å². The lowest BCUT2D eigenvalue weighted by atomic mass is 10.1. The van der Waals surface area contributed by atoms with E-state index in [4.69, 9.17) is 9.47 Å². The molecule has 2 rings (SSSR count). The van der Waals surface area contributed by atoms with Crippen molar-refractivity contribution in [1.82, 2.24) is 5.32 Å². The van der Waals surface area contributed by atoms with Crippen LogP contribution in [0, 0.1) is 5.82 Å². The number of rotatable bonds is 8. The van der Waals surface area contributed by atoms with E-state index in [-0.39, 0.29) is 24.2 Å². The molecule has 0 spiro atoms. The molecule has 0 aliphatic heterocycles. The molecule has 4 nitrogen and oxygen atoms in total. The summed E-state index contributed by atoms with van der Waals surface area (Å²) in [6.07, 6.45) is 0.136. The Morgan fingerprint density at radius 3 is 2.48 bits per heavy atom. The van der Waals surface area contributed by atoms with Gasteiger partial charge in [0.2, 0.25) is 5.91 Å². The monoisotopic (exact) mass is 345 g/mol. The number of halogens is 1. The summed E-state index contributed by atoms with van der Waals surface area (Å²) in [5.41, 5.74) is 1.56. The molecule has 2 aromatic rings. The Morgan fingerprint density at radius 2 is 1.80 bits per heavy atom. The SMILES string of the molecule is CCOc1ccc(C(C)NC(=O)Cc2cccc(F)c2)cc1OCC. The van der Waals surface area contributed by atoms with E-state index in [1.54, 1.807) is 12.1 Å². The lowest BCUT2D eigenvalue weighted by Crippen LogP contribution is -2.28. The van der Waals surface area contributed by atoms with Crippen LogP contribution in [0.15, 0.2) is 42.5 Å². The molecule has 0 saturated heterocycles. The molecule has 1 amide bonds. The maximum Gasteiger partial charge on any atom is 0.224 e. The van der Waals surface area contributed by atoms with Crippen LogP contribution in [0.2, 0.25) is 0 Å². The normalized spacial score (nSPS) is 11.7. The quantitative estimate of drug-likeness (QED) is 0.785. The fraction of sp³-hybridized carbons (Fsp3) is 0.350. The molecule has 0 fully saturated rings. The van der Waals surface area contributed by atoms with Crippen LogP contribution in [0.3, 0.4) is 0 Å². The molecule has 1 N–H and O–H groups in total. The van der Waals surface area contributed by atoms with Gasteiger partial charge in [0, 0.05) is 0 Å². The first-order valence-electron chi connectivity index (χ1n) is 8.46. The number of carbonyl (C=O) groups excluding carboxylic acids is 1. The fourth-order valence-corrected chi connectivity index (χ4v) is 2.55. The van der Waals surface area contributed by atoms with Gasteiger partial charge in [-0.1, -0.05) is 18.2 Å². The van der Waals surface area contributed by atoms with Gasteiger partial charge in [0.05, 0.1) is 25.7 Å². The van der Waals surface area contributed by atoms with Crippen molar-refractivity contribution in [2.24, 2.45) is 0 Å². The van der Waals surface area contributed by atoms with E-state index in [0.29, 0.717) is 30.3 Å². The van der Waals surface area contributed by atoms with Crippen molar-refractivity contribution >= 4 is 5.91 Å². The first-order chi connectivity index (χ1) is 12.0. The third-order valence-electron chi connectivity index (χ3n) is 3.70. The molecule has 5 heteroatoms. The van der Waals surface area contributed by atoms with Gasteiger partial charge < -0.3 is 14.8 Å². The summed E-state index contributed by atoms with van der Waals surface area (Å²) in [5.74, 6) is 0.843. The van der Waals surface area contributed by atoms with Gasteiger partial charge in [-0.2, -0.15) is 0 Å². The first-order valence-corrected chi connectivity index (χ1v) is 8.46. The molecule has 0 radical (unpaired) electrons. The molecule has 0 bridgehead atoms. The van der Waals surface area contributed by atoms with Crippen molar-refractivity contribution < 1.29 is 18.7 Å². The topological polar surface area (TPSA) is 47.6 Å². The highest BCUT2D eigenvalue weighted by Crippen LogP contribution is 2.30. The second-order valence-corrected chi connectivity index (χ2v) is 5.67. The average Bonchev–Trinajstić information content (AvgIpc) is 2.56. The van der Waals surface area contributed by atoms with Crippen molar-refractivity contribution in [3.63, 3.8) is 0 Å². The maximum atomic E-state index is 13.2. The predicted octanol–water partition coefficient (Wildman–Crippen LogP) is 4.04. The summed E-state index contributed by atoms with van der Waals surface area (Å²) in [7, 11) is 0. The second-order valence-electron chi connectivity index (χ2n) is 5.67. The van der Waals surface area contributed by atoms with E-state index >= 15 is 0 Å². The Hall–Kier alpha value is -2.56. The van der Waals surface area contributed by atoms with Gasteiger partial charge in [-0.3, -0.25) is 4.79 Å². The zero-order valence-electron chi connectivity index (χ0n) is 14.8. The minimum Gasteiger partial charge on any atom is -0.490 e. The average molecular weight is 345 g/mol. The van der Waals surface area contributed by atoms with Crippen LogP contribution in [0.25, 0.3) is 0 Å². The van der Waals surface area contributed by atoms with Gasteiger partial charge in [0.1, 0.15) is 5.82 Å². The van der Waals surface area contributed by atoms with Crippen molar-refractivity contribution in [2.75, 3.05) is 13.2 Å². The van der Waals surface area contributed by atoms with E-state index < -0.39 is 0 Å². The molecular formula is C20H24FNO3. The minimum absolute atomic E-state index is 0.136. The number of ether oxygens (including phenoxy) is 2. The lowest BCUT2D eigenvalue weighted by Gasteiger charge is -2.17. The lowest BCUT2D eigenvalue weighted by molar-refractivity contribution is -0.121. The van der Waals surface area contributed by atoms with Crippen molar-refractivity contribution in [2.45, 2.75) is 33.2 Å². The molecule has 25 heavy (non-hydrogen) atoms. The molecule has 1 atom stereocenters. The van der Waals surface area contributed by atoms with Gasteiger partial charge in [0.25, 0.3) is 0 Å². The van der Waals surface area contributed by atoms with E-state index in [0.717, 1.165) is 5.56 Å². The third-order valence-corrected chi connectivity index (χ3v) is 3.70. The molecule has 0 aliphatic carbocycles. The van der Waals surface area contributed by atoms with Gasteiger partial charge >= 0.3 is 0 Å². The molecule has 0 heterocycles. The summed E-state index contributed by atoms with van der Waals surface area (Å²) in [5, 5.41) is 2.93. The Kier molecular flexibility index (Phi) is 6.81. The number of benzene rings is 2. The first kappa shape index (κ1) is 18.8. The number of nitrogens with one attached hydrogen (secondary N) is 1. The van der Waals surface area contributed by atoms with Crippen LogP contribution in [-0.2, 0) is 11.2 Å². The number of amides is 1. The summed E-state index contributed by atoms with van der Waals surface area (Å²) in [6.45, 7) is 6.81. The highest BCUT2D eigenvalue weighted by atomic mass is 19.1. The molecule has 1 unspecified atom stereocenters. The molecular weight excluding hydrogens is 321 g/mol. The number of hydrogen-bond donors (Lipinski definition) is 1. The zero-order chi connectivity index (χ0) is 18.2. The predicted molar refractivity (Wildman–Crippen MR) is 95.4 cm³/mol. The molecule has 0 aromatic heterocycles. The van der Waals surface area contributed by atoms with Crippen LogP contribution in [-0.4, -0.2) is 19.1 Å². The summed E-state index contributed by atoms with van der Waals surface area (Å²) in [4.78, 5) is 12.2. The van der Waals surface area contributed by atoms with Gasteiger partial charge in [-0.25, -0.2) is 4.39 Å². The Bertz CT molecular complexity index is 718. The standard InChI is InChI=1S/C20H24FNO3/c1-4-24-18-10-9-16(13-19(18)25-5-2)14(3)22-20(23)12-15-7-6-8-17(21)11-15/h6-11,13-14H,4-5,12H2,1-3H3,(H,22,23). The third kappa shape index (κ3) is 5.48. The van der Waals surface area contributed by atoms with E-state index in [2.05, 4.69) is 5.32 Å². The van der Waals surface area contributed by atoms with Crippen molar-refractivity contribution in [3.8, 4) is 11.5 Å². The molecule has 2 aromatic carbocycles. The Morgan fingerprint density at radius 1 is 1.08 bits per heavy atom. The van der Waals surface area contributed by atoms with Gasteiger partial charge in [-0.05, 0) is 56.2 Å². The minimum atomic E-state index is -0.341. The molecule has 134 valence electrons. The summed E-state index contributed by atoms with van der Waals surface area (Å²) >= 11 is 0. The van der Waals surface area contributed by atoms with Crippen molar-refractivity contribution in [3.05, 3.63) is 59.4 Å². The van der Waals surface area contributed by atoms with Crippen LogP contribution in [0.1, 0.15) is 37.9 Å². The van der Waals surface area contributed by atoms with E-state index in [1.165, 1.54) is 12.1 Å². The number of hydrogen-bond acceptors (Lipinski definition) is 3. The van der Waals surface area contributed by atoms with Gasteiger partial charge in [0.15, 0.2) is 11.5 Å². The number of carbonyl (C=O) groups is 1. The van der Waals surface area contributed by atoms with E-state index in [1.807, 2.05) is 39.0 Å². The largest absolute Gasteiger partial charge is 0.490 e. The smallest absolute Gasteiger partial charge is 0.224 e. The van der Waals surface area contributed by atoms with Crippen LogP contribution in [0.5, 0.6) is 11.5 Å². The summed E-state index contributed by atoms with van der Waals surface area (Å²) < 4.78 is 24.4. The Balaban J connectivity index is 2.05. The van der Waals surface area contributed by atoms with Crippen LogP contribution < -0.4 is 14.8 Å². The maximum absolute atomic E-state index is 13.2. The van der Waals surface area contributed by atoms with Crippen molar-refractivity contribution in [1.29, 1.82) is 0 Å². The van der Waals surface area contributed by atoms with Crippen LogP contribution in [0.4, 0.5) is 4.39 Å². The highest BCUT2D eigenvalue weighted by molar-refractivity contribution is 5.79. The zero-order valence-corrected chi connectivity index (χ0v) is 14.8. The van der Waals surface area contributed by atoms with Gasteiger partial charge in [-0.15, -0.1) is 0 Å². The fourth-order valence-electron chi connectivity index (χ4n) is 2.55. The van der Waals surface area contributed by atoms with Crippen LogP contribution >= 0.6 is 0 Å². The Labute approximate surface area is 148 Å². The summed E-state index contributed by atoms with van der Waals surface area (Å²) in [6, 6.07) is 11.5. The molecule has 0 aliphatic rings. The molecule has 0 saturated carbocycles. The highest BCUT2D eigenvalue weighted by Gasteiger charge is 2.14.